The Morgan fingerprint density at radius 3 is 2.27 bits per heavy atom. The summed E-state index contributed by atoms with van der Waals surface area (Å²) in [6, 6.07) is 20.8. The van der Waals surface area contributed by atoms with Gasteiger partial charge in [-0.15, -0.1) is 0 Å². The number of aliphatic hydroxyl groups is 1. The lowest BCUT2D eigenvalue weighted by molar-refractivity contribution is -0.132. The third-order valence-corrected chi connectivity index (χ3v) is 5.45. The summed E-state index contributed by atoms with van der Waals surface area (Å²) < 4.78 is 0. The van der Waals surface area contributed by atoms with E-state index in [0.717, 1.165) is 16.7 Å². The lowest BCUT2D eigenvalue weighted by atomic mass is 9.94. The summed E-state index contributed by atoms with van der Waals surface area (Å²) >= 11 is 6.15. The predicted molar refractivity (Wildman–Crippen MR) is 119 cm³/mol. The maximum absolute atomic E-state index is 13.1. The molecule has 150 valence electrons. The number of halogens is 1. The van der Waals surface area contributed by atoms with Gasteiger partial charge in [0.1, 0.15) is 5.76 Å². The first-order valence-corrected chi connectivity index (χ1v) is 9.95. The van der Waals surface area contributed by atoms with E-state index >= 15 is 0 Å². The van der Waals surface area contributed by atoms with Crippen LogP contribution < -0.4 is 4.90 Å². The normalized spacial score (nSPS) is 18.1. The van der Waals surface area contributed by atoms with Crippen LogP contribution in [0.5, 0.6) is 0 Å². The molecule has 1 heterocycles. The van der Waals surface area contributed by atoms with Gasteiger partial charge in [-0.2, -0.15) is 0 Å². The summed E-state index contributed by atoms with van der Waals surface area (Å²) in [5.41, 5.74) is 3.80. The van der Waals surface area contributed by atoms with E-state index in [-0.39, 0.29) is 11.3 Å². The molecule has 0 bridgehead atoms. The number of amides is 1. The van der Waals surface area contributed by atoms with Crippen LogP contribution in [0.15, 0.2) is 78.4 Å². The molecule has 4 rings (SSSR count). The largest absolute Gasteiger partial charge is 0.507 e. The van der Waals surface area contributed by atoms with E-state index < -0.39 is 17.7 Å². The number of ketones is 1. The van der Waals surface area contributed by atoms with Gasteiger partial charge in [-0.3, -0.25) is 14.5 Å². The first-order chi connectivity index (χ1) is 14.4. The zero-order valence-electron chi connectivity index (χ0n) is 16.6. The van der Waals surface area contributed by atoms with Gasteiger partial charge in [0.15, 0.2) is 0 Å². The van der Waals surface area contributed by atoms with Crippen molar-refractivity contribution in [2.45, 2.75) is 19.9 Å². The van der Waals surface area contributed by atoms with Crippen LogP contribution >= 0.6 is 11.6 Å². The Labute approximate surface area is 180 Å². The minimum absolute atomic E-state index is 0.0643. The average molecular weight is 418 g/mol. The highest BCUT2D eigenvalue weighted by atomic mass is 35.5. The second kappa shape index (κ2) is 7.81. The summed E-state index contributed by atoms with van der Waals surface area (Å²) in [5, 5.41) is 11.5. The molecule has 0 aromatic heterocycles. The van der Waals surface area contributed by atoms with Crippen LogP contribution in [0.2, 0.25) is 5.02 Å². The van der Waals surface area contributed by atoms with Crippen LogP contribution in [0.3, 0.4) is 0 Å². The fourth-order valence-electron chi connectivity index (χ4n) is 3.75. The topological polar surface area (TPSA) is 57.6 Å². The number of hydrogen-bond donors (Lipinski definition) is 1. The van der Waals surface area contributed by atoms with Crippen molar-refractivity contribution in [2.24, 2.45) is 0 Å². The van der Waals surface area contributed by atoms with Gasteiger partial charge >= 0.3 is 0 Å². The van der Waals surface area contributed by atoms with Gasteiger partial charge in [-0.25, -0.2) is 0 Å². The predicted octanol–water partition coefficient (Wildman–Crippen LogP) is 5.58. The summed E-state index contributed by atoms with van der Waals surface area (Å²) in [7, 11) is 0. The molecule has 1 atom stereocenters. The van der Waals surface area contributed by atoms with Crippen molar-refractivity contribution in [1.82, 2.24) is 0 Å². The number of carbonyl (C=O) groups excluding carboxylic acids is 2. The van der Waals surface area contributed by atoms with E-state index in [2.05, 4.69) is 0 Å². The Morgan fingerprint density at radius 1 is 0.900 bits per heavy atom. The third-order valence-electron chi connectivity index (χ3n) is 5.21. The van der Waals surface area contributed by atoms with Crippen LogP contribution in [0, 0.1) is 13.8 Å². The molecule has 0 spiro atoms. The molecule has 1 aliphatic heterocycles. The van der Waals surface area contributed by atoms with Crippen molar-refractivity contribution < 1.29 is 14.7 Å². The highest BCUT2D eigenvalue weighted by Gasteiger charge is 2.47. The molecule has 0 radical (unpaired) electrons. The fourth-order valence-corrected chi connectivity index (χ4v) is 3.93. The smallest absolute Gasteiger partial charge is 0.300 e. The molecule has 1 amide bonds. The molecule has 3 aromatic rings. The number of Topliss-reactive ketones (excluding diaryl/α,β-unsaturated/α-hetero) is 1. The molecule has 0 saturated carbocycles. The Morgan fingerprint density at radius 2 is 1.60 bits per heavy atom. The van der Waals surface area contributed by atoms with Crippen molar-refractivity contribution >= 4 is 34.7 Å². The number of hydrogen-bond acceptors (Lipinski definition) is 3. The van der Waals surface area contributed by atoms with E-state index in [4.69, 9.17) is 11.6 Å². The number of benzene rings is 3. The molecule has 0 aliphatic carbocycles. The van der Waals surface area contributed by atoms with Crippen LogP contribution in [-0.4, -0.2) is 16.8 Å². The number of anilines is 1. The number of carbonyl (C=O) groups is 2. The highest BCUT2D eigenvalue weighted by Crippen LogP contribution is 2.42. The average Bonchev–Trinajstić information content (AvgIpc) is 2.99. The van der Waals surface area contributed by atoms with E-state index in [1.807, 2.05) is 50.2 Å². The van der Waals surface area contributed by atoms with Crippen molar-refractivity contribution in [3.05, 3.63) is 106 Å². The molecule has 5 heteroatoms. The standard InChI is InChI=1S/C25H20ClNO3/c1-15-9-11-17(12-10-15)23(28)21-22(18-6-3-5-16(2)13-18)27(25(30)24(21)29)20-8-4-7-19(26)14-20/h3-14,22,28H,1-2H3/b23-21+. The minimum Gasteiger partial charge on any atom is -0.507 e. The number of aryl methyl sites for hydroxylation is 2. The third kappa shape index (κ3) is 3.51. The molecular weight excluding hydrogens is 398 g/mol. The van der Waals surface area contributed by atoms with E-state index in [9.17, 15) is 14.7 Å². The monoisotopic (exact) mass is 417 g/mol. The lowest BCUT2D eigenvalue weighted by Crippen LogP contribution is -2.29. The number of nitrogens with zero attached hydrogens (tertiary/aromatic N) is 1. The fraction of sp³-hybridized carbons (Fsp3) is 0.120. The van der Waals surface area contributed by atoms with Crippen molar-refractivity contribution in [3.63, 3.8) is 0 Å². The second-order valence-electron chi connectivity index (χ2n) is 7.43. The highest BCUT2D eigenvalue weighted by molar-refractivity contribution is 6.51. The first-order valence-electron chi connectivity index (χ1n) is 9.57. The minimum atomic E-state index is -0.760. The summed E-state index contributed by atoms with van der Waals surface area (Å²) in [5.74, 6) is -1.61. The van der Waals surface area contributed by atoms with Gasteiger partial charge in [0.25, 0.3) is 11.7 Å². The van der Waals surface area contributed by atoms with Crippen molar-refractivity contribution in [3.8, 4) is 0 Å². The van der Waals surface area contributed by atoms with E-state index in [1.54, 1.807) is 36.4 Å². The molecule has 1 aliphatic rings. The van der Waals surface area contributed by atoms with E-state index in [0.29, 0.717) is 16.3 Å². The Hall–Kier alpha value is -3.37. The Balaban J connectivity index is 1.96. The molecule has 1 saturated heterocycles. The zero-order chi connectivity index (χ0) is 21.4. The molecule has 30 heavy (non-hydrogen) atoms. The van der Waals surface area contributed by atoms with Crippen molar-refractivity contribution in [1.29, 1.82) is 0 Å². The SMILES string of the molecule is Cc1ccc(/C(O)=C2\C(=O)C(=O)N(c3cccc(Cl)c3)C2c2cccc(C)c2)cc1. The zero-order valence-corrected chi connectivity index (χ0v) is 17.4. The van der Waals surface area contributed by atoms with Gasteiger partial charge in [0, 0.05) is 16.3 Å². The molecule has 3 aromatic carbocycles. The first kappa shape index (κ1) is 19.9. The van der Waals surface area contributed by atoms with Crippen LogP contribution in [-0.2, 0) is 9.59 Å². The van der Waals surface area contributed by atoms with Crippen LogP contribution in [0.4, 0.5) is 5.69 Å². The maximum atomic E-state index is 13.1. The Kier molecular flexibility index (Phi) is 5.18. The summed E-state index contributed by atoms with van der Waals surface area (Å²) in [4.78, 5) is 27.6. The lowest BCUT2D eigenvalue weighted by Gasteiger charge is -2.26. The molecular formula is C25H20ClNO3. The van der Waals surface area contributed by atoms with E-state index in [1.165, 1.54) is 4.90 Å². The number of aliphatic hydroxyl groups excluding tert-OH is 1. The quantitative estimate of drug-likeness (QED) is 0.343. The summed E-state index contributed by atoms with van der Waals surface area (Å²) in [6.07, 6.45) is 0. The number of rotatable bonds is 3. The van der Waals surface area contributed by atoms with Crippen LogP contribution in [0.25, 0.3) is 5.76 Å². The second-order valence-corrected chi connectivity index (χ2v) is 7.87. The van der Waals surface area contributed by atoms with Crippen molar-refractivity contribution in [2.75, 3.05) is 4.90 Å². The van der Waals surface area contributed by atoms with Gasteiger partial charge < -0.3 is 5.11 Å². The molecule has 1 fully saturated rings. The molecule has 1 unspecified atom stereocenters. The Bertz CT molecular complexity index is 1180. The van der Waals surface area contributed by atoms with Gasteiger partial charge in [0.05, 0.1) is 11.6 Å². The van der Waals surface area contributed by atoms with Crippen LogP contribution in [0.1, 0.15) is 28.3 Å². The van der Waals surface area contributed by atoms with Gasteiger partial charge in [0.2, 0.25) is 0 Å². The van der Waals surface area contributed by atoms with Gasteiger partial charge in [-0.1, -0.05) is 77.3 Å². The van der Waals surface area contributed by atoms with Gasteiger partial charge in [-0.05, 0) is 37.6 Å². The molecule has 1 N–H and O–H groups in total. The maximum Gasteiger partial charge on any atom is 0.300 e. The summed E-state index contributed by atoms with van der Waals surface area (Å²) in [6.45, 7) is 3.88. The molecule has 4 nitrogen and oxygen atoms in total.